The van der Waals surface area contributed by atoms with Gasteiger partial charge in [-0.3, -0.25) is 0 Å². The third-order valence-corrected chi connectivity index (χ3v) is 5.59. The average molecular weight is 354 g/mol. The number of aromatic nitrogens is 1. The van der Waals surface area contributed by atoms with Gasteiger partial charge in [0, 0.05) is 36.9 Å². The quantitative estimate of drug-likeness (QED) is 0.534. The maximum Gasteiger partial charge on any atom is 0.169 e. The first-order chi connectivity index (χ1) is 12.1. The number of anilines is 1. The number of pyridine rings is 1. The number of thioether (sulfide) groups is 1. The van der Waals surface area contributed by atoms with Crippen LogP contribution >= 0.6 is 11.8 Å². The number of ketones is 1. The number of hydrogen-bond acceptors (Lipinski definition) is 3. The molecule has 0 fully saturated rings. The molecule has 2 aromatic rings. The van der Waals surface area contributed by atoms with E-state index in [1.807, 2.05) is 11.8 Å². The van der Waals surface area contributed by atoms with Crippen molar-refractivity contribution in [2.75, 3.05) is 11.9 Å². The molecule has 0 atom stereocenters. The minimum atomic E-state index is 0.293. The lowest BCUT2D eigenvalue weighted by atomic mass is 10.1. The number of fused-ring (bicyclic) bond motifs is 1. The van der Waals surface area contributed by atoms with Gasteiger partial charge in [-0.15, -0.1) is 0 Å². The standard InChI is InChI=1S/C21H25N2OS/c1-17(24)8-4-3-7-13-23-14-11-18(12-15-23)16-21-22(2)19-9-5-6-10-20(19)25-21/h5-6,9-12,14-16H,3-4,7-8,13H2,1-2H3/q+1. The van der Waals surface area contributed by atoms with Crippen LogP contribution in [0.3, 0.4) is 0 Å². The van der Waals surface area contributed by atoms with Crippen molar-refractivity contribution in [1.29, 1.82) is 0 Å². The molecule has 4 heteroatoms. The topological polar surface area (TPSA) is 24.2 Å². The first kappa shape index (κ1) is 17.7. The highest BCUT2D eigenvalue weighted by atomic mass is 32.2. The summed E-state index contributed by atoms with van der Waals surface area (Å²) < 4.78 is 2.22. The molecular formula is C21H25N2OS+. The van der Waals surface area contributed by atoms with E-state index in [0.717, 1.165) is 25.8 Å². The highest BCUT2D eigenvalue weighted by molar-refractivity contribution is 8.03. The third kappa shape index (κ3) is 4.73. The summed E-state index contributed by atoms with van der Waals surface area (Å²) >= 11 is 1.82. The second-order valence-electron chi connectivity index (χ2n) is 6.49. The molecule has 2 heterocycles. The Morgan fingerprint density at radius 1 is 1.12 bits per heavy atom. The predicted octanol–water partition coefficient (Wildman–Crippen LogP) is 4.66. The van der Waals surface area contributed by atoms with Crippen LogP contribution in [0.1, 0.15) is 38.2 Å². The molecule has 0 saturated heterocycles. The monoisotopic (exact) mass is 353 g/mol. The van der Waals surface area contributed by atoms with Crippen LogP contribution in [0.4, 0.5) is 5.69 Å². The van der Waals surface area contributed by atoms with Gasteiger partial charge in [0.2, 0.25) is 0 Å². The summed E-state index contributed by atoms with van der Waals surface area (Å²) in [6, 6.07) is 12.8. The van der Waals surface area contributed by atoms with Crippen molar-refractivity contribution in [3.8, 4) is 0 Å². The van der Waals surface area contributed by atoms with E-state index in [4.69, 9.17) is 0 Å². The van der Waals surface area contributed by atoms with E-state index < -0.39 is 0 Å². The van der Waals surface area contributed by atoms with Gasteiger partial charge >= 0.3 is 0 Å². The Morgan fingerprint density at radius 3 is 2.60 bits per heavy atom. The minimum absolute atomic E-state index is 0.293. The summed E-state index contributed by atoms with van der Waals surface area (Å²) in [5.74, 6) is 0.293. The zero-order valence-electron chi connectivity index (χ0n) is 14.9. The fourth-order valence-electron chi connectivity index (χ4n) is 2.95. The maximum atomic E-state index is 10.9. The van der Waals surface area contributed by atoms with Crippen LogP contribution in [-0.2, 0) is 11.3 Å². The smallest absolute Gasteiger partial charge is 0.169 e. The van der Waals surface area contributed by atoms with Crippen molar-refractivity contribution in [2.45, 2.75) is 44.0 Å². The fraction of sp³-hybridized carbons (Fsp3) is 0.333. The lowest BCUT2D eigenvalue weighted by Crippen LogP contribution is -2.32. The summed E-state index contributed by atoms with van der Waals surface area (Å²) in [5, 5.41) is 1.25. The van der Waals surface area contributed by atoms with Crippen LogP contribution in [0.2, 0.25) is 0 Å². The van der Waals surface area contributed by atoms with Gasteiger partial charge in [-0.1, -0.05) is 23.9 Å². The Kier molecular flexibility index (Phi) is 5.92. The van der Waals surface area contributed by atoms with Crippen molar-refractivity contribution in [1.82, 2.24) is 0 Å². The van der Waals surface area contributed by atoms with Gasteiger partial charge in [0.15, 0.2) is 12.4 Å². The van der Waals surface area contributed by atoms with Crippen molar-refractivity contribution in [3.05, 3.63) is 59.4 Å². The molecule has 0 amide bonds. The van der Waals surface area contributed by atoms with Crippen LogP contribution in [0.15, 0.2) is 58.7 Å². The molecule has 3 nitrogen and oxygen atoms in total. The number of benzene rings is 1. The largest absolute Gasteiger partial charge is 0.338 e. The summed E-state index contributed by atoms with van der Waals surface area (Å²) in [7, 11) is 2.12. The molecule has 0 aliphatic carbocycles. The normalized spacial score (nSPS) is 14.8. The highest BCUT2D eigenvalue weighted by Gasteiger charge is 2.21. The van der Waals surface area contributed by atoms with Gasteiger partial charge in [-0.2, -0.15) is 0 Å². The number of hydrogen-bond donors (Lipinski definition) is 0. The van der Waals surface area contributed by atoms with Gasteiger partial charge in [-0.25, -0.2) is 4.57 Å². The van der Waals surface area contributed by atoms with Crippen molar-refractivity contribution < 1.29 is 9.36 Å². The number of aryl methyl sites for hydroxylation is 1. The number of carbonyl (C=O) groups is 1. The molecule has 1 aromatic heterocycles. The highest BCUT2D eigenvalue weighted by Crippen LogP contribution is 2.45. The van der Waals surface area contributed by atoms with Crippen molar-refractivity contribution in [2.24, 2.45) is 0 Å². The second-order valence-corrected chi connectivity index (χ2v) is 7.56. The van der Waals surface area contributed by atoms with E-state index in [9.17, 15) is 4.79 Å². The summed E-state index contributed by atoms with van der Waals surface area (Å²) in [5.41, 5.74) is 2.49. The van der Waals surface area contributed by atoms with Crippen LogP contribution in [0.5, 0.6) is 0 Å². The van der Waals surface area contributed by atoms with E-state index in [0.29, 0.717) is 12.2 Å². The Balaban J connectivity index is 1.56. The number of Topliss-reactive ketones (excluding diaryl/α,β-unsaturated/α-hetero) is 1. The Morgan fingerprint density at radius 2 is 1.88 bits per heavy atom. The van der Waals surface area contributed by atoms with E-state index in [1.54, 1.807) is 6.92 Å². The third-order valence-electron chi connectivity index (χ3n) is 4.42. The molecule has 1 aliphatic heterocycles. The van der Waals surface area contributed by atoms with Crippen LogP contribution < -0.4 is 9.47 Å². The number of para-hydroxylation sites is 1. The van der Waals surface area contributed by atoms with E-state index in [-0.39, 0.29) is 0 Å². The predicted molar refractivity (Wildman–Crippen MR) is 104 cm³/mol. The first-order valence-corrected chi connectivity index (χ1v) is 9.66. The first-order valence-electron chi connectivity index (χ1n) is 8.84. The van der Waals surface area contributed by atoms with E-state index >= 15 is 0 Å². The van der Waals surface area contributed by atoms with Crippen molar-refractivity contribution in [3.63, 3.8) is 0 Å². The number of carbonyl (C=O) groups excluding carboxylic acids is 1. The number of nitrogens with zero attached hydrogens (tertiary/aromatic N) is 2. The van der Waals surface area contributed by atoms with Crippen LogP contribution in [-0.4, -0.2) is 12.8 Å². The van der Waals surface area contributed by atoms with E-state index in [1.165, 1.54) is 21.2 Å². The molecule has 0 spiro atoms. The van der Waals surface area contributed by atoms with Crippen LogP contribution in [0.25, 0.3) is 6.08 Å². The lowest BCUT2D eigenvalue weighted by Gasteiger charge is -2.13. The summed E-state index contributed by atoms with van der Waals surface area (Å²) in [6.45, 7) is 2.68. The zero-order chi connectivity index (χ0) is 17.6. The van der Waals surface area contributed by atoms with Gasteiger partial charge in [0.25, 0.3) is 0 Å². The average Bonchev–Trinajstić information content (AvgIpc) is 2.92. The van der Waals surface area contributed by atoms with E-state index in [2.05, 4.69) is 71.4 Å². The minimum Gasteiger partial charge on any atom is -0.338 e. The maximum absolute atomic E-state index is 10.9. The van der Waals surface area contributed by atoms with Crippen molar-refractivity contribution >= 4 is 29.3 Å². The SMILES string of the molecule is CC(=O)CCCCC[n+]1ccc(C=C2Sc3ccccc3N2C)cc1. The molecule has 3 rings (SSSR count). The molecule has 0 N–H and O–H groups in total. The van der Waals surface area contributed by atoms with Gasteiger partial charge < -0.3 is 9.69 Å². The molecule has 0 bridgehead atoms. The number of rotatable bonds is 7. The fourth-order valence-corrected chi connectivity index (χ4v) is 4.06. The molecule has 0 unspecified atom stereocenters. The summed E-state index contributed by atoms with van der Waals surface area (Å²) in [4.78, 5) is 14.5. The van der Waals surface area contributed by atoms with Gasteiger partial charge in [0.05, 0.1) is 10.7 Å². The zero-order valence-corrected chi connectivity index (χ0v) is 15.8. The molecule has 0 saturated carbocycles. The van der Waals surface area contributed by atoms with Gasteiger partial charge in [-0.05, 0) is 43.5 Å². The molecule has 0 radical (unpaired) electrons. The lowest BCUT2D eigenvalue weighted by molar-refractivity contribution is -0.697. The van der Waals surface area contributed by atoms with Gasteiger partial charge in [0.1, 0.15) is 12.3 Å². The molecule has 1 aliphatic rings. The summed E-state index contributed by atoms with van der Waals surface area (Å²) in [6.07, 6.45) is 10.5. The Bertz CT molecular complexity index is 768. The van der Waals surface area contributed by atoms with Crippen LogP contribution in [0, 0.1) is 0 Å². The Labute approximate surface area is 154 Å². The molecular weight excluding hydrogens is 328 g/mol. The number of unbranched alkanes of at least 4 members (excludes halogenated alkanes) is 2. The second kappa shape index (κ2) is 8.34. The molecule has 130 valence electrons. The Hall–Kier alpha value is -2.07. The molecule has 25 heavy (non-hydrogen) atoms. The molecule has 1 aromatic carbocycles.